The number of aryl methyl sites for hydroxylation is 1. The van der Waals surface area contributed by atoms with E-state index in [1.54, 1.807) is 0 Å². The van der Waals surface area contributed by atoms with Gasteiger partial charge in [-0.2, -0.15) is 0 Å². The van der Waals surface area contributed by atoms with Crippen LogP contribution in [-0.4, -0.2) is 10.9 Å². The van der Waals surface area contributed by atoms with Crippen molar-refractivity contribution >= 4 is 22.5 Å². The summed E-state index contributed by atoms with van der Waals surface area (Å²) in [6, 6.07) is 16.0. The van der Waals surface area contributed by atoms with Gasteiger partial charge in [-0.25, -0.2) is 0 Å². The molecule has 1 aromatic heterocycles. The van der Waals surface area contributed by atoms with Crippen LogP contribution in [0.3, 0.4) is 0 Å². The molecule has 110 valence electrons. The van der Waals surface area contributed by atoms with Crippen molar-refractivity contribution in [3.8, 4) is 0 Å². The monoisotopic (exact) mass is 290 g/mol. The molecule has 3 heteroatoms. The summed E-state index contributed by atoms with van der Waals surface area (Å²) in [5.74, 6) is -0.0739. The van der Waals surface area contributed by atoms with Gasteiger partial charge in [0.15, 0.2) is 0 Å². The number of nitrogens with one attached hydrogen (secondary N) is 2. The first-order valence-corrected chi connectivity index (χ1v) is 7.81. The van der Waals surface area contributed by atoms with Crippen LogP contribution in [0.1, 0.15) is 34.5 Å². The van der Waals surface area contributed by atoms with Crippen LogP contribution in [0, 0.1) is 0 Å². The Balaban J connectivity index is 1.64. The van der Waals surface area contributed by atoms with Crippen LogP contribution in [0.5, 0.6) is 0 Å². The van der Waals surface area contributed by atoms with Gasteiger partial charge in [0, 0.05) is 16.6 Å². The lowest BCUT2D eigenvalue weighted by molar-refractivity contribution is 0.102. The van der Waals surface area contributed by atoms with Gasteiger partial charge in [0.1, 0.15) is 5.69 Å². The van der Waals surface area contributed by atoms with Crippen LogP contribution >= 0.6 is 0 Å². The fraction of sp³-hybridized carbons (Fsp3) is 0.211. The van der Waals surface area contributed by atoms with E-state index < -0.39 is 0 Å². The summed E-state index contributed by atoms with van der Waals surface area (Å²) in [4.78, 5) is 15.7. The zero-order valence-corrected chi connectivity index (χ0v) is 12.4. The minimum Gasteiger partial charge on any atom is -0.351 e. The van der Waals surface area contributed by atoms with Crippen molar-refractivity contribution in [2.24, 2.45) is 0 Å². The number of hydrogen-bond acceptors (Lipinski definition) is 1. The first-order chi connectivity index (χ1) is 10.8. The lowest BCUT2D eigenvalue weighted by atomic mass is 9.90. The number of aromatic nitrogens is 1. The minimum absolute atomic E-state index is 0.0739. The third kappa shape index (κ3) is 2.29. The van der Waals surface area contributed by atoms with Gasteiger partial charge in [0.2, 0.25) is 0 Å². The molecule has 2 aromatic carbocycles. The molecule has 22 heavy (non-hydrogen) atoms. The molecule has 0 saturated carbocycles. The molecule has 1 heterocycles. The predicted molar refractivity (Wildman–Crippen MR) is 89.3 cm³/mol. The van der Waals surface area contributed by atoms with Crippen LogP contribution in [0.2, 0.25) is 0 Å². The molecule has 1 aliphatic carbocycles. The van der Waals surface area contributed by atoms with E-state index >= 15 is 0 Å². The molecule has 3 aromatic rings. The van der Waals surface area contributed by atoms with E-state index in [2.05, 4.69) is 16.4 Å². The number of anilines is 1. The average molecular weight is 290 g/mol. The molecular weight excluding hydrogens is 272 g/mol. The zero-order chi connectivity index (χ0) is 14.9. The van der Waals surface area contributed by atoms with Crippen LogP contribution < -0.4 is 5.32 Å². The number of aromatic amines is 1. The first-order valence-electron chi connectivity index (χ1n) is 7.81. The summed E-state index contributed by atoms with van der Waals surface area (Å²) in [6.07, 6.45) is 4.61. The third-order valence-corrected chi connectivity index (χ3v) is 4.42. The standard InChI is InChI=1S/C19H18N2O/c22-19(18-12-14-7-2-4-10-16(14)20-18)21-17-11-5-8-13-6-1-3-9-15(13)17/h2,4-5,7-8,10-12,20H,1,3,6,9H2,(H,21,22). The molecule has 4 rings (SSSR count). The molecule has 2 N–H and O–H groups in total. The summed E-state index contributed by atoms with van der Waals surface area (Å²) in [5, 5.41) is 4.14. The Hall–Kier alpha value is -2.55. The average Bonchev–Trinajstić information content (AvgIpc) is 2.99. The number of fused-ring (bicyclic) bond motifs is 2. The second-order valence-electron chi connectivity index (χ2n) is 5.87. The number of benzene rings is 2. The van der Waals surface area contributed by atoms with E-state index in [-0.39, 0.29) is 5.91 Å². The highest BCUT2D eigenvalue weighted by Crippen LogP contribution is 2.28. The SMILES string of the molecule is O=C(Nc1cccc2c1CCCC2)c1cc2ccccc2[nH]1. The maximum Gasteiger partial charge on any atom is 0.272 e. The number of carbonyl (C=O) groups excluding carboxylic acids is 1. The molecule has 0 radical (unpaired) electrons. The van der Waals surface area contributed by atoms with Gasteiger partial charge >= 0.3 is 0 Å². The van der Waals surface area contributed by atoms with Gasteiger partial charge in [-0.15, -0.1) is 0 Å². The predicted octanol–water partition coefficient (Wildman–Crippen LogP) is 4.30. The Bertz CT molecular complexity index is 815. The fourth-order valence-electron chi connectivity index (χ4n) is 3.28. The second kappa shape index (κ2) is 5.34. The molecular formula is C19H18N2O. The van der Waals surface area contributed by atoms with Crippen molar-refractivity contribution in [1.29, 1.82) is 0 Å². The van der Waals surface area contributed by atoms with Crippen LogP contribution in [0.25, 0.3) is 10.9 Å². The molecule has 0 aliphatic heterocycles. The molecule has 0 unspecified atom stereocenters. The van der Waals surface area contributed by atoms with Gasteiger partial charge < -0.3 is 10.3 Å². The van der Waals surface area contributed by atoms with Crippen molar-refractivity contribution in [3.05, 3.63) is 65.4 Å². The van der Waals surface area contributed by atoms with Crippen LogP contribution in [0.4, 0.5) is 5.69 Å². The third-order valence-electron chi connectivity index (χ3n) is 4.42. The molecule has 0 fully saturated rings. The van der Waals surface area contributed by atoms with E-state index in [4.69, 9.17) is 0 Å². The van der Waals surface area contributed by atoms with E-state index in [9.17, 15) is 4.79 Å². The van der Waals surface area contributed by atoms with E-state index in [0.29, 0.717) is 5.69 Å². The van der Waals surface area contributed by atoms with Gasteiger partial charge in [-0.1, -0.05) is 30.3 Å². The molecule has 0 spiro atoms. The van der Waals surface area contributed by atoms with Crippen molar-refractivity contribution < 1.29 is 4.79 Å². The molecule has 1 amide bonds. The van der Waals surface area contributed by atoms with Crippen molar-refractivity contribution in [3.63, 3.8) is 0 Å². The van der Waals surface area contributed by atoms with E-state index in [1.807, 2.05) is 42.5 Å². The Morgan fingerprint density at radius 3 is 2.77 bits per heavy atom. The largest absolute Gasteiger partial charge is 0.351 e. The smallest absolute Gasteiger partial charge is 0.272 e. The fourth-order valence-corrected chi connectivity index (χ4v) is 3.28. The highest BCUT2D eigenvalue weighted by Gasteiger charge is 2.16. The van der Waals surface area contributed by atoms with Gasteiger partial charge in [-0.05, 0) is 55.0 Å². The first kappa shape index (κ1) is 13.1. The number of hydrogen-bond donors (Lipinski definition) is 2. The lowest BCUT2D eigenvalue weighted by Gasteiger charge is -2.19. The van der Waals surface area contributed by atoms with Gasteiger partial charge in [0.05, 0.1) is 0 Å². The van der Waals surface area contributed by atoms with E-state index in [1.165, 1.54) is 24.0 Å². The summed E-state index contributed by atoms with van der Waals surface area (Å²) < 4.78 is 0. The Kier molecular flexibility index (Phi) is 3.19. The highest BCUT2D eigenvalue weighted by molar-refractivity contribution is 6.06. The second-order valence-corrected chi connectivity index (χ2v) is 5.87. The molecule has 3 nitrogen and oxygen atoms in total. The maximum absolute atomic E-state index is 12.5. The lowest BCUT2D eigenvalue weighted by Crippen LogP contribution is -2.15. The number of carbonyl (C=O) groups is 1. The molecule has 1 aliphatic rings. The minimum atomic E-state index is -0.0739. The number of amides is 1. The molecule has 0 atom stereocenters. The van der Waals surface area contributed by atoms with Crippen LogP contribution in [0.15, 0.2) is 48.5 Å². The Morgan fingerprint density at radius 2 is 1.86 bits per heavy atom. The number of H-pyrrole nitrogens is 1. The summed E-state index contributed by atoms with van der Waals surface area (Å²) >= 11 is 0. The summed E-state index contributed by atoms with van der Waals surface area (Å²) in [6.45, 7) is 0. The summed E-state index contributed by atoms with van der Waals surface area (Å²) in [5.41, 5.74) is 5.23. The number of rotatable bonds is 2. The van der Waals surface area contributed by atoms with Gasteiger partial charge in [0.25, 0.3) is 5.91 Å². The normalized spacial score (nSPS) is 13.8. The Labute approximate surface area is 129 Å². The number of para-hydroxylation sites is 1. The topological polar surface area (TPSA) is 44.9 Å². The van der Waals surface area contributed by atoms with E-state index in [0.717, 1.165) is 29.4 Å². The zero-order valence-electron chi connectivity index (χ0n) is 12.4. The molecule has 0 bridgehead atoms. The highest BCUT2D eigenvalue weighted by atomic mass is 16.1. The molecule has 0 saturated heterocycles. The van der Waals surface area contributed by atoms with Crippen molar-refractivity contribution in [1.82, 2.24) is 4.98 Å². The van der Waals surface area contributed by atoms with Crippen molar-refractivity contribution in [2.75, 3.05) is 5.32 Å². The van der Waals surface area contributed by atoms with Crippen LogP contribution in [-0.2, 0) is 12.8 Å². The van der Waals surface area contributed by atoms with Crippen molar-refractivity contribution in [2.45, 2.75) is 25.7 Å². The summed E-state index contributed by atoms with van der Waals surface area (Å²) in [7, 11) is 0. The Morgan fingerprint density at radius 1 is 1.00 bits per heavy atom. The maximum atomic E-state index is 12.5. The quantitative estimate of drug-likeness (QED) is 0.726. The van der Waals surface area contributed by atoms with Gasteiger partial charge in [-0.3, -0.25) is 4.79 Å².